The van der Waals surface area contributed by atoms with E-state index in [4.69, 9.17) is 21.1 Å². The summed E-state index contributed by atoms with van der Waals surface area (Å²) in [5, 5.41) is 9.70. The van der Waals surface area contributed by atoms with Gasteiger partial charge in [-0.2, -0.15) is 0 Å². The van der Waals surface area contributed by atoms with Crippen LogP contribution in [0.5, 0.6) is 0 Å². The van der Waals surface area contributed by atoms with E-state index >= 15 is 0 Å². The molecule has 0 amide bonds. The molecule has 0 fully saturated rings. The molecule has 3 nitrogen and oxygen atoms in total. The number of aliphatic hydroxyl groups is 1. The summed E-state index contributed by atoms with van der Waals surface area (Å²) in [7, 11) is 0. The number of hydrogen-bond acceptors (Lipinski definition) is 3. The Morgan fingerprint density at radius 3 is 3.00 bits per heavy atom. The number of nitrogens with zero attached hydrogens (tertiary/aromatic N) is 1. The highest BCUT2D eigenvalue weighted by Crippen LogP contribution is 2.30. The number of oxazole rings is 1. The topological polar surface area (TPSA) is 46.3 Å². The number of aromatic nitrogens is 1. The minimum absolute atomic E-state index is 0.144. The van der Waals surface area contributed by atoms with E-state index < -0.39 is 0 Å². The Balaban J connectivity index is 2.58. The average Bonchev–Trinajstić information content (AvgIpc) is 2.69. The first-order valence-electron chi connectivity index (χ1n) is 4.21. The van der Waals surface area contributed by atoms with Gasteiger partial charge >= 0.3 is 0 Å². The van der Waals surface area contributed by atoms with Crippen molar-refractivity contribution in [2.24, 2.45) is 0 Å². The van der Waals surface area contributed by atoms with Crippen molar-refractivity contribution in [3.63, 3.8) is 0 Å². The zero-order chi connectivity index (χ0) is 10.8. The molecule has 2 aromatic rings. The van der Waals surface area contributed by atoms with Crippen molar-refractivity contribution in [1.82, 2.24) is 4.98 Å². The van der Waals surface area contributed by atoms with Gasteiger partial charge in [-0.15, -0.1) is 0 Å². The highest BCUT2D eigenvalue weighted by atomic mass is 127. The van der Waals surface area contributed by atoms with Crippen molar-refractivity contribution < 1.29 is 9.52 Å². The van der Waals surface area contributed by atoms with Gasteiger partial charge in [0.1, 0.15) is 5.69 Å². The van der Waals surface area contributed by atoms with Crippen molar-refractivity contribution in [2.75, 3.05) is 0 Å². The van der Waals surface area contributed by atoms with E-state index in [-0.39, 0.29) is 6.61 Å². The molecular weight excluding hydrogens is 328 g/mol. The van der Waals surface area contributed by atoms with Gasteiger partial charge in [-0.1, -0.05) is 11.6 Å². The Bertz CT molecular complexity index is 484. The lowest BCUT2D eigenvalue weighted by atomic mass is 10.1. The Labute approximate surface area is 105 Å². The lowest BCUT2D eigenvalue weighted by Gasteiger charge is -2.02. The third-order valence-electron chi connectivity index (χ3n) is 1.96. The molecule has 0 spiro atoms. The average molecular weight is 336 g/mol. The van der Waals surface area contributed by atoms with Gasteiger partial charge in [-0.25, -0.2) is 4.98 Å². The molecule has 0 atom stereocenters. The summed E-state index contributed by atoms with van der Waals surface area (Å²) in [6.45, 7) is -0.144. The number of hydrogen-bond donors (Lipinski definition) is 1. The van der Waals surface area contributed by atoms with Gasteiger partial charge in [-0.3, -0.25) is 0 Å². The fourth-order valence-corrected chi connectivity index (χ4v) is 2.02. The Morgan fingerprint density at radius 2 is 2.27 bits per heavy atom. The van der Waals surface area contributed by atoms with E-state index in [1.165, 1.54) is 6.39 Å². The minimum Gasteiger partial charge on any atom is -0.443 e. The smallest absolute Gasteiger partial charge is 0.181 e. The van der Waals surface area contributed by atoms with E-state index in [9.17, 15) is 0 Å². The maximum Gasteiger partial charge on any atom is 0.181 e. The zero-order valence-electron chi connectivity index (χ0n) is 7.58. The second-order valence-electron chi connectivity index (χ2n) is 2.91. The molecular formula is C10H7ClINO2. The first-order chi connectivity index (χ1) is 7.22. The van der Waals surface area contributed by atoms with Gasteiger partial charge in [0.25, 0.3) is 0 Å². The van der Waals surface area contributed by atoms with Crippen LogP contribution in [0.15, 0.2) is 29.0 Å². The molecule has 0 saturated carbocycles. The van der Waals surface area contributed by atoms with Crippen LogP contribution in [0.2, 0.25) is 5.02 Å². The first-order valence-corrected chi connectivity index (χ1v) is 5.66. The molecule has 1 heterocycles. The van der Waals surface area contributed by atoms with Crippen LogP contribution in [-0.4, -0.2) is 10.1 Å². The zero-order valence-corrected chi connectivity index (χ0v) is 10.5. The van der Waals surface area contributed by atoms with E-state index in [2.05, 4.69) is 27.6 Å². The standard InChI is InChI=1S/C10H7ClINO2/c11-6-1-2-8(12)7(3-6)10-9(4-14)13-5-15-10/h1-3,5,14H,4H2. The van der Waals surface area contributed by atoms with Crippen molar-refractivity contribution >= 4 is 34.2 Å². The Kier molecular flexibility index (Phi) is 3.28. The third-order valence-corrected chi connectivity index (χ3v) is 3.14. The maximum absolute atomic E-state index is 9.07. The highest BCUT2D eigenvalue weighted by Gasteiger charge is 2.13. The predicted octanol–water partition coefficient (Wildman–Crippen LogP) is 3.09. The molecule has 0 saturated heterocycles. The molecule has 1 aromatic carbocycles. The second kappa shape index (κ2) is 4.51. The molecule has 1 aromatic heterocycles. The molecule has 1 N–H and O–H groups in total. The number of halogens is 2. The van der Waals surface area contributed by atoms with Gasteiger partial charge in [0, 0.05) is 14.2 Å². The summed E-state index contributed by atoms with van der Waals surface area (Å²) in [4.78, 5) is 3.92. The number of benzene rings is 1. The van der Waals surface area contributed by atoms with Crippen LogP contribution in [-0.2, 0) is 6.61 Å². The highest BCUT2D eigenvalue weighted by molar-refractivity contribution is 14.1. The molecule has 0 bridgehead atoms. The predicted molar refractivity (Wildman–Crippen MR) is 65.6 cm³/mol. The molecule has 0 radical (unpaired) electrons. The summed E-state index contributed by atoms with van der Waals surface area (Å²) in [6.07, 6.45) is 1.32. The van der Waals surface area contributed by atoms with E-state index in [0.717, 1.165) is 9.13 Å². The SMILES string of the molecule is OCc1ncoc1-c1cc(Cl)ccc1I. The van der Waals surface area contributed by atoms with Crippen LogP contribution in [0.3, 0.4) is 0 Å². The summed E-state index contributed by atoms with van der Waals surface area (Å²) >= 11 is 8.08. The summed E-state index contributed by atoms with van der Waals surface area (Å²) in [6, 6.07) is 5.49. The van der Waals surface area contributed by atoms with Crippen LogP contribution in [0.1, 0.15) is 5.69 Å². The quantitative estimate of drug-likeness (QED) is 0.858. The Morgan fingerprint density at radius 1 is 1.47 bits per heavy atom. The molecule has 2 rings (SSSR count). The lowest BCUT2D eigenvalue weighted by molar-refractivity contribution is 0.277. The summed E-state index contributed by atoms with van der Waals surface area (Å²) in [5.74, 6) is 0.574. The molecule has 15 heavy (non-hydrogen) atoms. The van der Waals surface area contributed by atoms with Crippen molar-refractivity contribution in [3.8, 4) is 11.3 Å². The van der Waals surface area contributed by atoms with Crippen molar-refractivity contribution in [1.29, 1.82) is 0 Å². The first kappa shape index (κ1) is 10.9. The molecule has 0 aliphatic carbocycles. The Hall–Kier alpha value is -0.590. The monoisotopic (exact) mass is 335 g/mol. The van der Waals surface area contributed by atoms with Gasteiger partial charge in [0.05, 0.1) is 6.61 Å². The minimum atomic E-state index is -0.144. The summed E-state index contributed by atoms with van der Waals surface area (Å²) in [5.41, 5.74) is 1.37. The molecule has 78 valence electrons. The normalized spacial score (nSPS) is 10.6. The van der Waals surface area contributed by atoms with Gasteiger partial charge in [-0.05, 0) is 40.8 Å². The van der Waals surface area contributed by atoms with Crippen LogP contribution >= 0.6 is 34.2 Å². The van der Waals surface area contributed by atoms with Crippen molar-refractivity contribution in [2.45, 2.75) is 6.61 Å². The van der Waals surface area contributed by atoms with Gasteiger partial charge in [0.15, 0.2) is 12.2 Å². The van der Waals surface area contributed by atoms with E-state index in [1.54, 1.807) is 6.07 Å². The second-order valence-corrected chi connectivity index (χ2v) is 4.51. The maximum atomic E-state index is 9.07. The number of aliphatic hydroxyl groups excluding tert-OH is 1. The van der Waals surface area contributed by atoms with Crippen LogP contribution in [0.25, 0.3) is 11.3 Å². The fraction of sp³-hybridized carbons (Fsp3) is 0.100. The fourth-order valence-electron chi connectivity index (χ4n) is 1.27. The van der Waals surface area contributed by atoms with Crippen molar-refractivity contribution in [3.05, 3.63) is 38.9 Å². The molecule has 0 aliphatic heterocycles. The van der Waals surface area contributed by atoms with Gasteiger partial charge in [0.2, 0.25) is 0 Å². The van der Waals surface area contributed by atoms with E-state index in [1.807, 2.05) is 12.1 Å². The van der Waals surface area contributed by atoms with Crippen LogP contribution in [0.4, 0.5) is 0 Å². The lowest BCUT2D eigenvalue weighted by Crippen LogP contribution is -1.88. The van der Waals surface area contributed by atoms with Crippen LogP contribution < -0.4 is 0 Å². The van der Waals surface area contributed by atoms with Crippen LogP contribution in [0, 0.1) is 3.57 Å². The molecule has 0 unspecified atom stereocenters. The molecule has 5 heteroatoms. The summed E-state index contributed by atoms with van der Waals surface area (Å²) < 4.78 is 6.25. The number of rotatable bonds is 2. The molecule has 0 aliphatic rings. The third kappa shape index (κ3) is 2.16. The largest absolute Gasteiger partial charge is 0.443 e. The van der Waals surface area contributed by atoms with E-state index in [0.29, 0.717) is 16.5 Å². The van der Waals surface area contributed by atoms with Gasteiger partial charge < -0.3 is 9.52 Å².